The topological polar surface area (TPSA) is 86.9 Å². The first kappa shape index (κ1) is 23.2. The van der Waals surface area contributed by atoms with Crippen LogP contribution >= 0.6 is 0 Å². The number of ketones is 2. The van der Waals surface area contributed by atoms with E-state index in [4.69, 9.17) is 23.4 Å². The first-order chi connectivity index (χ1) is 18.5. The largest absolute Gasteiger partial charge is 0.446 e. The fraction of sp³-hybridized carbons (Fsp3) is 0.548. The number of hydrogen-bond donors (Lipinski definition) is 0. The van der Waals surface area contributed by atoms with E-state index in [-0.39, 0.29) is 40.3 Å². The van der Waals surface area contributed by atoms with Gasteiger partial charge >= 0.3 is 5.79 Å². The predicted molar refractivity (Wildman–Crippen MR) is 143 cm³/mol. The number of carbonyl (C=O) groups is 2. The number of rotatable bonds is 2. The van der Waals surface area contributed by atoms with Gasteiger partial charge in [-0.3, -0.25) is 9.59 Å². The Morgan fingerprint density at radius 1 is 0.949 bits per heavy atom. The minimum absolute atomic E-state index is 0.0895. The summed E-state index contributed by atoms with van der Waals surface area (Å²) in [4.78, 5) is 29.2. The van der Waals surface area contributed by atoms with Crippen molar-refractivity contribution >= 4 is 30.7 Å². The molecule has 2 saturated heterocycles. The highest BCUT2D eigenvalue weighted by molar-refractivity contribution is 6.74. The summed E-state index contributed by atoms with van der Waals surface area (Å²) < 4.78 is 33.6. The monoisotopic (exact) mass is 544 g/mol. The second kappa shape index (κ2) is 6.51. The van der Waals surface area contributed by atoms with E-state index in [9.17, 15) is 9.59 Å². The lowest BCUT2D eigenvalue weighted by atomic mass is 9.56. The van der Waals surface area contributed by atoms with Gasteiger partial charge in [-0.15, -0.1) is 0 Å². The molecule has 0 unspecified atom stereocenters. The Bertz CT molecular complexity index is 1510. The molecule has 7 nitrogen and oxygen atoms in total. The Labute approximate surface area is 227 Å². The van der Waals surface area contributed by atoms with Crippen LogP contribution in [0.15, 0.2) is 48.6 Å². The molecule has 3 saturated carbocycles. The third kappa shape index (κ3) is 2.34. The van der Waals surface area contributed by atoms with Gasteiger partial charge < -0.3 is 23.4 Å². The van der Waals surface area contributed by atoms with Crippen molar-refractivity contribution in [3.05, 3.63) is 48.6 Å². The highest BCUT2D eigenvalue weighted by Crippen LogP contribution is 2.76. The number of benzene rings is 2. The van der Waals surface area contributed by atoms with Gasteiger partial charge in [-0.2, -0.15) is 0 Å². The van der Waals surface area contributed by atoms with Crippen LogP contribution in [0, 0.1) is 23.7 Å². The van der Waals surface area contributed by atoms with Crippen molar-refractivity contribution in [1.29, 1.82) is 0 Å². The molecule has 0 radical (unpaired) electrons. The number of hydrogen-bond acceptors (Lipinski definition) is 7. The average Bonchev–Trinajstić information content (AvgIpc) is 3.76. The maximum atomic E-state index is 14.9. The molecule has 7 aliphatic rings. The lowest BCUT2D eigenvalue weighted by molar-refractivity contribution is -0.199. The van der Waals surface area contributed by atoms with Gasteiger partial charge in [0, 0.05) is 11.8 Å². The number of epoxide rings is 2. The summed E-state index contributed by atoms with van der Waals surface area (Å²) in [7, 11) is -2.39. The lowest BCUT2D eigenvalue weighted by Crippen LogP contribution is -2.77. The SMILES string of the molecule is CC(C)(C)[Si](C)(C)O[C@H]1[C@@H]2[C@H](C(=O)[C@]34O[C@]13C(=O)[C@H]1O[C@H]1C41Oc3cccc4cccc(c34)O1)[C@@H]1C=C[C@H]2C1. The van der Waals surface area contributed by atoms with Crippen molar-refractivity contribution in [3.63, 3.8) is 0 Å². The van der Waals surface area contributed by atoms with Gasteiger partial charge in [0.15, 0.2) is 31.9 Å². The number of ether oxygens (including phenoxy) is 4. The number of fused-ring (bicyclic) bond motifs is 7. The Kier molecular flexibility index (Phi) is 3.87. The second-order valence-corrected chi connectivity index (χ2v) is 18.8. The quantitative estimate of drug-likeness (QED) is 0.311. The molecule has 4 aliphatic carbocycles. The van der Waals surface area contributed by atoms with Gasteiger partial charge in [0.25, 0.3) is 0 Å². The molecule has 0 N–H and O–H groups in total. The molecule has 3 aliphatic heterocycles. The molecule has 0 aromatic heterocycles. The predicted octanol–water partition coefficient (Wildman–Crippen LogP) is 4.58. The molecule has 0 amide bonds. The summed E-state index contributed by atoms with van der Waals surface area (Å²) >= 11 is 0. The fourth-order valence-corrected chi connectivity index (χ4v) is 9.75. The molecular weight excluding hydrogens is 512 g/mol. The van der Waals surface area contributed by atoms with Crippen molar-refractivity contribution in [2.45, 2.75) is 80.6 Å². The molecule has 8 heteroatoms. The van der Waals surface area contributed by atoms with E-state index in [1.165, 1.54) is 0 Å². The van der Waals surface area contributed by atoms with Crippen LogP contribution in [0.4, 0.5) is 0 Å². The zero-order valence-electron chi connectivity index (χ0n) is 22.7. The van der Waals surface area contributed by atoms with Crippen LogP contribution < -0.4 is 9.47 Å². The van der Waals surface area contributed by atoms with Gasteiger partial charge in [0.05, 0.1) is 11.5 Å². The normalized spacial score (nSPS) is 43.4. The minimum atomic E-state index is -2.39. The third-order valence-electron chi connectivity index (χ3n) is 11.3. The maximum Gasteiger partial charge on any atom is 0.321 e. The molecule has 9 rings (SSSR count). The van der Waals surface area contributed by atoms with E-state index in [0.29, 0.717) is 11.5 Å². The zero-order valence-corrected chi connectivity index (χ0v) is 23.7. The van der Waals surface area contributed by atoms with E-state index in [0.717, 1.165) is 17.2 Å². The van der Waals surface area contributed by atoms with Gasteiger partial charge in [-0.05, 0) is 53.9 Å². The van der Waals surface area contributed by atoms with Gasteiger partial charge in [0.2, 0.25) is 11.4 Å². The summed E-state index contributed by atoms with van der Waals surface area (Å²) in [5.74, 6) is -0.811. The third-order valence-corrected chi connectivity index (χ3v) is 15.7. The molecule has 3 heterocycles. The Hall–Kier alpha value is -2.52. The van der Waals surface area contributed by atoms with Crippen molar-refractivity contribution in [1.82, 2.24) is 0 Å². The van der Waals surface area contributed by atoms with E-state index in [1.54, 1.807) is 0 Å². The number of allylic oxidation sites excluding steroid dienone is 2. The average molecular weight is 545 g/mol. The smallest absolute Gasteiger partial charge is 0.321 e. The molecule has 2 aromatic rings. The van der Waals surface area contributed by atoms with E-state index in [1.807, 2.05) is 36.4 Å². The lowest BCUT2D eigenvalue weighted by Gasteiger charge is -2.51. The van der Waals surface area contributed by atoms with Crippen molar-refractivity contribution in [2.75, 3.05) is 0 Å². The van der Waals surface area contributed by atoms with Gasteiger partial charge in [0.1, 0.15) is 11.5 Å². The molecule has 39 heavy (non-hydrogen) atoms. The number of carbonyl (C=O) groups excluding carboxylic acids is 2. The second-order valence-electron chi connectivity index (χ2n) is 14.1. The van der Waals surface area contributed by atoms with Crippen molar-refractivity contribution in [3.8, 4) is 11.5 Å². The van der Waals surface area contributed by atoms with E-state index in [2.05, 4.69) is 46.0 Å². The van der Waals surface area contributed by atoms with E-state index >= 15 is 0 Å². The van der Waals surface area contributed by atoms with Crippen LogP contribution in [0.3, 0.4) is 0 Å². The first-order valence-electron chi connectivity index (χ1n) is 14.2. The van der Waals surface area contributed by atoms with Gasteiger partial charge in [-0.1, -0.05) is 57.2 Å². The molecule has 202 valence electrons. The summed E-state index contributed by atoms with van der Waals surface area (Å²) in [6, 6.07) is 11.7. The fourth-order valence-electron chi connectivity index (χ4n) is 8.44. The maximum absolute atomic E-state index is 14.9. The number of Topliss-reactive ketones (excluding diaryl/α,β-unsaturated/α-hetero) is 2. The van der Waals surface area contributed by atoms with Crippen LogP contribution in [-0.4, -0.2) is 55.2 Å². The molecule has 1 spiro atoms. The molecule has 2 aromatic carbocycles. The summed E-state index contributed by atoms with van der Waals surface area (Å²) in [5, 5.41) is 1.74. The van der Waals surface area contributed by atoms with Crippen LogP contribution in [0.25, 0.3) is 10.8 Å². The zero-order chi connectivity index (χ0) is 26.9. The Morgan fingerprint density at radius 2 is 1.62 bits per heavy atom. The van der Waals surface area contributed by atoms with Crippen molar-refractivity contribution in [2.24, 2.45) is 23.7 Å². The minimum Gasteiger partial charge on any atom is -0.446 e. The van der Waals surface area contributed by atoms with Crippen LogP contribution in [-0.2, 0) is 23.5 Å². The van der Waals surface area contributed by atoms with Gasteiger partial charge in [-0.25, -0.2) is 0 Å². The summed E-state index contributed by atoms with van der Waals surface area (Å²) in [5.41, 5.74) is -3.12. The van der Waals surface area contributed by atoms with Crippen LogP contribution in [0.5, 0.6) is 11.5 Å². The molecule has 2 bridgehead atoms. The molecule has 9 atom stereocenters. The summed E-state index contributed by atoms with van der Waals surface area (Å²) in [6.07, 6.45) is 3.24. The van der Waals surface area contributed by atoms with E-state index < -0.39 is 43.6 Å². The van der Waals surface area contributed by atoms with Crippen LogP contribution in [0.2, 0.25) is 18.1 Å². The molecular formula is C31H32O7Si. The Balaban J connectivity index is 1.27. The molecule has 5 fully saturated rings. The Morgan fingerprint density at radius 3 is 2.28 bits per heavy atom. The van der Waals surface area contributed by atoms with Crippen LogP contribution in [0.1, 0.15) is 27.2 Å². The summed E-state index contributed by atoms with van der Waals surface area (Å²) in [6.45, 7) is 11.0. The van der Waals surface area contributed by atoms with Crippen molar-refractivity contribution < 1.29 is 33.0 Å². The highest BCUT2D eigenvalue weighted by atomic mass is 28.4. The standard InChI is InChI=1S/C31H32O7Si/c1-28(2,3)39(4,5)37-26-22-17-13-12-16(14-17)21(22)24(32)30-29(26,38-30)25(33)23-27(34-23)31(30)35-18-10-6-8-15-9-7-11-19(36-31)20(15)18/h6-13,16-17,21-23,26-27H,14H2,1-5H3/t16-,17+,21-,22+,23-,26+,27-,29-,30+/m1/s1. The first-order valence-corrected chi connectivity index (χ1v) is 17.1. The highest BCUT2D eigenvalue weighted by Gasteiger charge is 3.02.